The highest BCUT2D eigenvalue weighted by Gasteiger charge is 2.47. The van der Waals surface area contributed by atoms with Crippen molar-refractivity contribution < 1.29 is 29.3 Å². The second kappa shape index (κ2) is 9.00. The number of ether oxygens (including phenoxy) is 2. The molecule has 0 aliphatic carbocycles. The highest BCUT2D eigenvalue weighted by Crippen LogP contribution is 2.44. The lowest BCUT2D eigenvalue weighted by atomic mass is 9.93. The third-order valence-corrected chi connectivity index (χ3v) is 6.47. The van der Waals surface area contributed by atoms with Gasteiger partial charge in [0.05, 0.1) is 25.3 Å². The van der Waals surface area contributed by atoms with Crippen molar-refractivity contribution in [2.24, 2.45) is 0 Å². The lowest BCUT2D eigenvalue weighted by Gasteiger charge is -2.26. The molecule has 2 N–H and O–H groups in total. The molecule has 178 valence electrons. The van der Waals surface area contributed by atoms with Crippen LogP contribution in [0.1, 0.15) is 29.2 Å². The van der Waals surface area contributed by atoms with Crippen LogP contribution in [0.15, 0.2) is 66.2 Å². The number of anilines is 1. The van der Waals surface area contributed by atoms with Crippen LogP contribution in [-0.4, -0.2) is 35.6 Å². The number of aryl methyl sites for hydroxylation is 1. The fourth-order valence-corrected chi connectivity index (χ4v) is 4.77. The Kier molecular flexibility index (Phi) is 5.86. The molecule has 8 heteroatoms. The minimum absolute atomic E-state index is 0.0868. The third-order valence-electron chi connectivity index (χ3n) is 6.23. The standard InChI is InChI=1S/C27H22ClNO6/c1-34-22-10-7-16(13-20(22)30)24-23(25(31)17-8-9-21-15(12-17)4-3-11-35-21)26(32)27(33)29(24)19-6-2-5-18(28)14-19/h2,5-10,12-14,24,30-31H,3-4,11H2,1H3/b25-23-. The van der Waals surface area contributed by atoms with Gasteiger partial charge in [0.25, 0.3) is 11.7 Å². The summed E-state index contributed by atoms with van der Waals surface area (Å²) in [6, 6.07) is 15.3. The molecule has 1 unspecified atom stereocenters. The summed E-state index contributed by atoms with van der Waals surface area (Å²) in [7, 11) is 1.42. The Balaban J connectivity index is 1.71. The smallest absolute Gasteiger partial charge is 0.300 e. The molecule has 2 aliphatic heterocycles. The molecular weight excluding hydrogens is 470 g/mol. The molecule has 2 heterocycles. The highest BCUT2D eigenvalue weighted by atomic mass is 35.5. The van der Waals surface area contributed by atoms with Crippen LogP contribution >= 0.6 is 11.6 Å². The first-order chi connectivity index (χ1) is 16.9. The first-order valence-electron chi connectivity index (χ1n) is 11.1. The molecule has 0 radical (unpaired) electrons. The van der Waals surface area contributed by atoms with Gasteiger partial charge in [-0.3, -0.25) is 14.5 Å². The van der Waals surface area contributed by atoms with Crippen molar-refractivity contribution in [2.75, 3.05) is 18.6 Å². The number of methoxy groups -OCH3 is 1. The number of carbonyl (C=O) groups is 2. The number of amides is 1. The number of aliphatic hydroxyl groups excluding tert-OH is 1. The first-order valence-corrected chi connectivity index (χ1v) is 11.5. The normalized spacial score (nSPS) is 18.8. The maximum Gasteiger partial charge on any atom is 0.300 e. The zero-order valence-corrected chi connectivity index (χ0v) is 19.6. The van der Waals surface area contributed by atoms with Crippen molar-refractivity contribution in [2.45, 2.75) is 18.9 Å². The third kappa shape index (κ3) is 3.98. The van der Waals surface area contributed by atoms with Gasteiger partial charge in [0.1, 0.15) is 11.5 Å². The molecule has 3 aromatic carbocycles. The average molecular weight is 492 g/mol. The Morgan fingerprint density at radius 3 is 2.69 bits per heavy atom. The van der Waals surface area contributed by atoms with Gasteiger partial charge in [-0.2, -0.15) is 0 Å². The van der Waals surface area contributed by atoms with Crippen LogP contribution in [0.5, 0.6) is 17.2 Å². The number of carbonyl (C=O) groups excluding carboxylic acids is 2. The predicted octanol–water partition coefficient (Wildman–Crippen LogP) is 5.01. The van der Waals surface area contributed by atoms with E-state index in [2.05, 4.69) is 0 Å². The number of hydrogen-bond acceptors (Lipinski definition) is 6. The number of halogens is 1. The SMILES string of the molecule is COc1ccc(C2/C(=C(/O)c3ccc4c(c3)CCCO4)C(=O)C(=O)N2c2cccc(Cl)c2)cc1O. The molecule has 35 heavy (non-hydrogen) atoms. The summed E-state index contributed by atoms with van der Waals surface area (Å²) in [4.78, 5) is 27.9. The number of ketones is 1. The molecule has 5 rings (SSSR count). The Morgan fingerprint density at radius 1 is 1.11 bits per heavy atom. The van der Waals surface area contributed by atoms with E-state index in [1.54, 1.807) is 54.6 Å². The fraction of sp³-hybridized carbons (Fsp3) is 0.185. The van der Waals surface area contributed by atoms with E-state index < -0.39 is 17.7 Å². The van der Waals surface area contributed by atoms with Crippen molar-refractivity contribution in [3.05, 3.63) is 87.9 Å². The summed E-state index contributed by atoms with van der Waals surface area (Å²) < 4.78 is 10.8. The van der Waals surface area contributed by atoms with Gasteiger partial charge >= 0.3 is 0 Å². The molecule has 0 saturated carbocycles. The van der Waals surface area contributed by atoms with Gasteiger partial charge < -0.3 is 19.7 Å². The van der Waals surface area contributed by atoms with Crippen molar-refractivity contribution in [3.63, 3.8) is 0 Å². The molecular formula is C27H22ClNO6. The zero-order valence-electron chi connectivity index (χ0n) is 18.8. The monoisotopic (exact) mass is 491 g/mol. The fourth-order valence-electron chi connectivity index (χ4n) is 4.58. The number of nitrogens with zero attached hydrogens (tertiary/aromatic N) is 1. The van der Waals surface area contributed by atoms with Crippen molar-refractivity contribution in [1.29, 1.82) is 0 Å². The van der Waals surface area contributed by atoms with Crippen LogP contribution in [0.4, 0.5) is 5.69 Å². The van der Waals surface area contributed by atoms with E-state index in [1.165, 1.54) is 18.1 Å². The van der Waals surface area contributed by atoms with Crippen molar-refractivity contribution in [3.8, 4) is 17.2 Å². The second-order valence-corrected chi connectivity index (χ2v) is 8.79. The van der Waals surface area contributed by atoms with E-state index in [9.17, 15) is 19.8 Å². The summed E-state index contributed by atoms with van der Waals surface area (Å²) in [6.07, 6.45) is 1.63. The van der Waals surface area contributed by atoms with E-state index in [-0.39, 0.29) is 22.8 Å². The van der Waals surface area contributed by atoms with E-state index in [0.29, 0.717) is 28.4 Å². The van der Waals surface area contributed by atoms with Crippen LogP contribution in [0.25, 0.3) is 5.76 Å². The molecule has 0 aromatic heterocycles. The van der Waals surface area contributed by atoms with Crippen LogP contribution in [0, 0.1) is 0 Å². The average Bonchev–Trinajstić information content (AvgIpc) is 3.13. The summed E-state index contributed by atoms with van der Waals surface area (Å²) in [5.41, 5.74) is 2.04. The number of phenols is 1. The highest BCUT2D eigenvalue weighted by molar-refractivity contribution is 6.51. The Hall–Kier alpha value is -3.97. The topological polar surface area (TPSA) is 96.3 Å². The predicted molar refractivity (Wildman–Crippen MR) is 131 cm³/mol. The Bertz CT molecular complexity index is 1380. The lowest BCUT2D eigenvalue weighted by Crippen LogP contribution is -2.29. The Morgan fingerprint density at radius 2 is 1.94 bits per heavy atom. The zero-order chi connectivity index (χ0) is 24.7. The number of aromatic hydroxyl groups is 1. The lowest BCUT2D eigenvalue weighted by molar-refractivity contribution is -0.132. The van der Waals surface area contributed by atoms with E-state index in [0.717, 1.165) is 24.2 Å². The van der Waals surface area contributed by atoms with Gasteiger partial charge in [0, 0.05) is 16.3 Å². The molecule has 0 bridgehead atoms. The van der Waals surface area contributed by atoms with Crippen molar-refractivity contribution >= 4 is 34.7 Å². The largest absolute Gasteiger partial charge is 0.507 e. The van der Waals surface area contributed by atoms with Gasteiger partial charge in [-0.1, -0.05) is 23.7 Å². The van der Waals surface area contributed by atoms with Crippen molar-refractivity contribution in [1.82, 2.24) is 0 Å². The second-order valence-electron chi connectivity index (χ2n) is 8.35. The summed E-state index contributed by atoms with van der Waals surface area (Å²) in [6.45, 7) is 0.629. The first kappa shape index (κ1) is 22.8. The maximum absolute atomic E-state index is 13.3. The molecule has 3 aromatic rings. The summed E-state index contributed by atoms with van der Waals surface area (Å²) >= 11 is 6.18. The maximum atomic E-state index is 13.3. The van der Waals surface area contributed by atoms with Gasteiger partial charge in [0.2, 0.25) is 0 Å². The summed E-state index contributed by atoms with van der Waals surface area (Å²) in [5.74, 6) is -1.13. The minimum Gasteiger partial charge on any atom is -0.507 e. The van der Waals surface area contributed by atoms with Crippen LogP contribution < -0.4 is 14.4 Å². The van der Waals surface area contributed by atoms with E-state index >= 15 is 0 Å². The summed E-state index contributed by atoms with van der Waals surface area (Å²) in [5, 5.41) is 22.2. The number of fused-ring (bicyclic) bond motifs is 1. The number of hydrogen-bond donors (Lipinski definition) is 2. The molecule has 1 saturated heterocycles. The quantitative estimate of drug-likeness (QED) is 0.303. The molecule has 1 amide bonds. The van der Waals surface area contributed by atoms with Gasteiger partial charge in [-0.05, 0) is 72.5 Å². The number of aliphatic hydroxyl groups is 1. The van der Waals surface area contributed by atoms with E-state index in [1.807, 2.05) is 0 Å². The van der Waals surface area contributed by atoms with Gasteiger partial charge in [-0.15, -0.1) is 0 Å². The number of benzene rings is 3. The number of rotatable bonds is 4. The Labute approximate surface area is 206 Å². The molecule has 1 fully saturated rings. The molecule has 7 nitrogen and oxygen atoms in total. The van der Waals surface area contributed by atoms with Gasteiger partial charge in [0.15, 0.2) is 11.5 Å². The minimum atomic E-state index is -1.00. The van der Waals surface area contributed by atoms with Crippen LogP contribution in [0.2, 0.25) is 5.02 Å². The number of Topliss-reactive ketones (excluding diaryl/α,β-unsaturated/α-hetero) is 1. The molecule has 0 spiro atoms. The number of phenolic OH excluding ortho intramolecular Hbond substituents is 1. The molecule has 2 aliphatic rings. The van der Waals surface area contributed by atoms with E-state index in [4.69, 9.17) is 21.1 Å². The van der Waals surface area contributed by atoms with Crippen LogP contribution in [-0.2, 0) is 16.0 Å². The van der Waals surface area contributed by atoms with Crippen LogP contribution in [0.3, 0.4) is 0 Å². The van der Waals surface area contributed by atoms with Gasteiger partial charge in [-0.25, -0.2) is 0 Å². The molecule has 1 atom stereocenters.